The normalized spacial score (nSPS) is 13.8. The van der Waals surface area contributed by atoms with E-state index in [1.807, 2.05) is 48.5 Å². The molecule has 2 N–H and O–H groups in total. The molecule has 0 bridgehead atoms. The summed E-state index contributed by atoms with van der Waals surface area (Å²) < 4.78 is 4.90. The number of hydrogen-bond acceptors (Lipinski definition) is 6. The molecule has 0 aliphatic heterocycles. The monoisotopic (exact) mass is 388 g/mol. The van der Waals surface area contributed by atoms with E-state index in [1.54, 1.807) is 12.1 Å². The number of nitrogens with zero attached hydrogens (tertiary/aromatic N) is 2. The quantitative estimate of drug-likeness (QED) is 0.577. The van der Waals surface area contributed by atoms with Gasteiger partial charge in [0, 0.05) is 17.7 Å². The summed E-state index contributed by atoms with van der Waals surface area (Å²) in [6.45, 7) is 0. The van der Waals surface area contributed by atoms with E-state index in [0.29, 0.717) is 28.9 Å². The second kappa shape index (κ2) is 8.73. The second-order valence-corrected chi connectivity index (χ2v) is 7.12. The van der Waals surface area contributed by atoms with Gasteiger partial charge in [-0.05, 0) is 25.0 Å². The lowest BCUT2D eigenvalue weighted by Crippen LogP contribution is -2.16. The Morgan fingerprint density at radius 2 is 1.66 bits per heavy atom. The lowest BCUT2D eigenvalue weighted by atomic mass is 10.1. The molecule has 0 amide bonds. The standard InChI is InChI=1S/C23H24N4O2/c1-29-23(28)18-13-7-8-14-19(18)25-21-15-20(24-17-11-5-6-12-17)26-22(27-21)16-9-3-2-4-10-16/h2-4,7-10,13-15,17H,5-6,11-12H2,1H3,(H2,24,25,26,27). The van der Waals surface area contributed by atoms with E-state index in [4.69, 9.17) is 9.72 Å². The molecule has 0 spiro atoms. The molecule has 0 unspecified atom stereocenters. The first kappa shape index (κ1) is 18.9. The van der Waals surface area contributed by atoms with E-state index in [0.717, 1.165) is 24.2 Å². The molecule has 29 heavy (non-hydrogen) atoms. The Morgan fingerprint density at radius 1 is 0.966 bits per heavy atom. The summed E-state index contributed by atoms with van der Waals surface area (Å²) >= 11 is 0. The van der Waals surface area contributed by atoms with Gasteiger partial charge in [0.25, 0.3) is 0 Å². The third kappa shape index (κ3) is 4.54. The van der Waals surface area contributed by atoms with Crippen molar-refractivity contribution in [2.24, 2.45) is 0 Å². The van der Waals surface area contributed by atoms with Gasteiger partial charge in [0.2, 0.25) is 0 Å². The van der Waals surface area contributed by atoms with Gasteiger partial charge in [-0.2, -0.15) is 0 Å². The number of hydrogen-bond donors (Lipinski definition) is 2. The van der Waals surface area contributed by atoms with E-state index in [2.05, 4.69) is 15.6 Å². The van der Waals surface area contributed by atoms with Gasteiger partial charge < -0.3 is 15.4 Å². The molecule has 3 aromatic rings. The highest BCUT2D eigenvalue weighted by atomic mass is 16.5. The summed E-state index contributed by atoms with van der Waals surface area (Å²) in [7, 11) is 1.38. The minimum atomic E-state index is -0.394. The number of nitrogens with one attached hydrogen (secondary N) is 2. The molecule has 1 heterocycles. The van der Waals surface area contributed by atoms with Crippen LogP contribution in [0.4, 0.5) is 17.3 Å². The van der Waals surface area contributed by atoms with E-state index in [1.165, 1.54) is 20.0 Å². The van der Waals surface area contributed by atoms with Crippen LogP contribution in [0.15, 0.2) is 60.7 Å². The Morgan fingerprint density at radius 3 is 2.41 bits per heavy atom. The van der Waals surface area contributed by atoms with Crippen molar-refractivity contribution in [3.8, 4) is 11.4 Å². The van der Waals surface area contributed by atoms with Gasteiger partial charge in [-0.25, -0.2) is 14.8 Å². The third-order valence-electron chi connectivity index (χ3n) is 5.06. The number of carbonyl (C=O) groups excluding carboxylic acids is 1. The molecule has 0 radical (unpaired) electrons. The first-order valence-electron chi connectivity index (χ1n) is 9.88. The van der Waals surface area contributed by atoms with E-state index in [-0.39, 0.29) is 0 Å². The molecule has 148 valence electrons. The predicted octanol–water partition coefficient (Wildman–Crippen LogP) is 5.03. The summed E-state index contributed by atoms with van der Waals surface area (Å²) in [6, 6.07) is 19.4. The van der Waals surface area contributed by atoms with Crippen LogP contribution in [0, 0.1) is 0 Å². The molecule has 1 aliphatic carbocycles. The van der Waals surface area contributed by atoms with Crippen molar-refractivity contribution < 1.29 is 9.53 Å². The Hall–Kier alpha value is -3.41. The van der Waals surface area contributed by atoms with E-state index in [9.17, 15) is 4.79 Å². The van der Waals surface area contributed by atoms with Crippen LogP contribution >= 0.6 is 0 Å². The lowest BCUT2D eigenvalue weighted by Gasteiger charge is -2.16. The Labute approximate surface area is 170 Å². The van der Waals surface area contributed by atoms with Crippen LogP contribution < -0.4 is 10.6 Å². The lowest BCUT2D eigenvalue weighted by molar-refractivity contribution is 0.0602. The van der Waals surface area contributed by atoms with Gasteiger partial charge in [0.1, 0.15) is 11.6 Å². The molecule has 1 aliphatic rings. The molecule has 1 aromatic heterocycles. The summed E-state index contributed by atoms with van der Waals surface area (Å²) in [6.07, 6.45) is 4.79. The smallest absolute Gasteiger partial charge is 0.339 e. The minimum Gasteiger partial charge on any atom is -0.465 e. The maximum Gasteiger partial charge on any atom is 0.339 e. The molecule has 1 saturated carbocycles. The zero-order valence-electron chi connectivity index (χ0n) is 16.4. The van der Waals surface area contributed by atoms with Gasteiger partial charge in [-0.15, -0.1) is 0 Å². The molecule has 0 saturated heterocycles. The zero-order valence-corrected chi connectivity index (χ0v) is 16.4. The van der Waals surface area contributed by atoms with Crippen molar-refractivity contribution >= 4 is 23.3 Å². The van der Waals surface area contributed by atoms with Gasteiger partial charge in [-0.1, -0.05) is 55.3 Å². The molecule has 4 rings (SSSR count). The summed E-state index contributed by atoms with van der Waals surface area (Å²) in [4.78, 5) is 21.5. The van der Waals surface area contributed by atoms with Crippen LogP contribution in [0.2, 0.25) is 0 Å². The number of ether oxygens (including phenoxy) is 1. The zero-order chi connectivity index (χ0) is 20.1. The van der Waals surface area contributed by atoms with Crippen molar-refractivity contribution in [2.45, 2.75) is 31.7 Å². The fraction of sp³-hybridized carbons (Fsp3) is 0.261. The highest BCUT2D eigenvalue weighted by Gasteiger charge is 2.17. The van der Waals surface area contributed by atoms with Crippen LogP contribution in [-0.2, 0) is 4.74 Å². The van der Waals surface area contributed by atoms with Crippen molar-refractivity contribution in [2.75, 3.05) is 17.7 Å². The molecule has 2 aromatic carbocycles. The number of carbonyl (C=O) groups is 1. The number of benzene rings is 2. The topological polar surface area (TPSA) is 76.1 Å². The van der Waals surface area contributed by atoms with Crippen molar-refractivity contribution in [3.05, 3.63) is 66.2 Å². The van der Waals surface area contributed by atoms with Gasteiger partial charge in [0.15, 0.2) is 5.82 Å². The average molecular weight is 388 g/mol. The van der Waals surface area contributed by atoms with Crippen LogP contribution in [0.5, 0.6) is 0 Å². The fourth-order valence-corrected chi connectivity index (χ4v) is 3.60. The van der Waals surface area contributed by atoms with Gasteiger partial charge in [-0.3, -0.25) is 0 Å². The maximum atomic E-state index is 12.1. The van der Waals surface area contributed by atoms with Gasteiger partial charge >= 0.3 is 5.97 Å². The number of rotatable bonds is 6. The Bertz CT molecular complexity index is 985. The number of anilines is 3. The highest BCUT2D eigenvalue weighted by Crippen LogP contribution is 2.27. The first-order valence-corrected chi connectivity index (χ1v) is 9.88. The molecule has 6 nitrogen and oxygen atoms in total. The maximum absolute atomic E-state index is 12.1. The summed E-state index contributed by atoms with van der Waals surface area (Å²) in [5.74, 6) is 1.64. The minimum absolute atomic E-state index is 0.394. The molecular weight excluding hydrogens is 364 g/mol. The SMILES string of the molecule is COC(=O)c1ccccc1Nc1cc(NC2CCCC2)nc(-c2ccccc2)n1. The van der Waals surface area contributed by atoms with Crippen LogP contribution in [0.3, 0.4) is 0 Å². The number of para-hydroxylation sites is 1. The molecule has 0 atom stereocenters. The summed E-state index contributed by atoms with van der Waals surface area (Å²) in [5.41, 5.74) is 2.04. The molecule has 1 fully saturated rings. The van der Waals surface area contributed by atoms with Crippen LogP contribution in [0.1, 0.15) is 36.0 Å². The van der Waals surface area contributed by atoms with E-state index < -0.39 is 5.97 Å². The van der Waals surface area contributed by atoms with Crippen molar-refractivity contribution in [3.63, 3.8) is 0 Å². The Balaban J connectivity index is 1.69. The largest absolute Gasteiger partial charge is 0.465 e. The summed E-state index contributed by atoms with van der Waals surface area (Å²) in [5, 5.41) is 6.81. The third-order valence-corrected chi connectivity index (χ3v) is 5.06. The predicted molar refractivity (Wildman–Crippen MR) is 114 cm³/mol. The molecular formula is C23H24N4O2. The Kier molecular flexibility index (Phi) is 5.70. The second-order valence-electron chi connectivity index (χ2n) is 7.12. The van der Waals surface area contributed by atoms with Crippen LogP contribution in [0.25, 0.3) is 11.4 Å². The highest BCUT2D eigenvalue weighted by molar-refractivity contribution is 5.96. The van der Waals surface area contributed by atoms with Crippen molar-refractivity contribution in [1.29, 1.82) is 0 Å². The van der Waals surface area contributed by atoms with Crippen molar-refractivity contribution in [1.82, 2.24) is 9.97 Å². The molecule has 6 heteroatoms. The van der Waals surface area contributed by atoms with E-state index >= 15 is 0 Å². The number of aromatic nitrogens is 2. The fourth-order valence-electron chi connectivity index (χ4n) is 3.60. The van der Waals surface area contributed by atoms with Crippen LogP contribution in [-0.4, -0.2) is 29.1 Å². The first-order chi connectivity index (χ1) is 14.2. The number of methoxy groups -OCH3 is 1. The average Bonchev–Trinajstić information content (AvgIpc) is 3.27. The number of esters is 1. The van der Waals surface area contributed by atoms with Gasteiger partial charge in [0.05, 0.1) is 18.4 Å².